The van der Waals surface area contributed by atoms with E-state index < -0.39 is 126 Å². The van der Waals surface area contributed by atoms with Gasteiger partial charge < -0.3 is 9.80 Å². The molecule has 4 heterocycles. The van der Waals surface area contributed by atoms with E-state index in [1.807, 2.05) is 0 Å². The van der Waals surface area contributed by atoms with Crippen LogP contribution in [0.25, 0.3) is 0 Å². The molecule has 1 aromatic rings. The molecular weight excluding hydrogens is 272 g/mol. The molecule has 0 aromatic heterocycles. The van der Waals surface area contributed by atoms with Crippen LogP contribution in [0.2, 0.25) is 0 Å². The number of rotatable bonds is 1. The fourth-order valence-electron chi connectivity index (χ4n) is 2.43. The quantitative estimate of drug-likeness (QED) is 0.794. The van der Waals surface area contributed by atoms with E-state index in [4.69, 9.17) is 30.2 Å². The van der Waals surface area contributed by atoms with Crippen LogP contribution in [-0.2, 0) is 6.37 Å². The van der Waals surface area contributed by atoms with Crippen molar-refractivity contribution >= 4 is 5.91 Å². The molecule has 3 nitrogen and oxygen atoms in total. The molecule has 1 amide bonds. The monoisotopic (exact) mass is 320 g/mol. The van der Waals surface area contributed by atoms with Crippen LogP contribution in [0.1, 0.15) is 85.8 Å². The van der Waals surface area contributed by atoms with Gasteiger partial charge in [0.15, 0.2) is 0 Å². The van der Waals surface area contributed by atoms with E-state index in [1.165, 1.54) is 0 Å². The molecule has 3 fully saturated rings. The van der Waals surface area contributed by atoms with Gasteiger partial charge in [-0.25, -0.2) is 0 Å². The molecule has 1 aliphatic carbocycles. The summed E-state index contributed by atoms with van der Waals surface area (Å²) < 4.78 is 206. The molecule has 0 saturated carbocycles. The van der Waals surface area contributed by atoms with E-state index in [1.54, 1.807) is 0 Å². The first-order chi connectivity index (χ1) is 20.0. The molecule has 6 rings (SSSR count). The molecule has 5 aliphatic rings. The predicted octanol–water partition coefficient (Wildman–Crippen LogP) is 2.66. The third-order valence-electron chi connectivity index (χ3n) is 3.40. The second-order valence-corrected chi connectivity index (χ2v) is 4.65. The first-order valence-electron chi connectivity index (χ1n) is 18.3. The van der Waals surface area contributed by atoms with Crippen molar-refractivity contribution in [2.24, 2.45) is 5.89 Å². The number of hydrogen-bond acceptors (Lipinski definition) is 2. The fraction of sp³-hybridized carbons (Fsp3) is 0.632. The molecule has 4 aliphatic heterocycles. The van der Waals surface area contributed by atoms with Crippen LogP contribution in [0.4, 0.5) is 0 Å². The maximum absolute atomic E-state index is 14.4. The zero-order chi connectivity index (χ0) is 36.2. The summed E-state index contributed by atoms with van der Waals surface area (Å²) in [6, 6.07) is -8.71. The molecule has 0 unspecified atom stereocenters. The second-order valence-electron chi connectivity index (χ2n) is 4.65. The molecule has 1 aromatic carbocycles. The van der Waals surface area contributed by atoms with Gasteiger partial charge in [-0.15, -0.1) is 0 Å². The number of amides is 1. The second kappa shape index (κ2) is 4.82. The highest BCUT2D eigenvalue weighted by molar-refractivity contribution is 5.97. The average molecular weight is 321 g/mol. The molecule has 3 saturated heterocycles. The van der Waals surface area contributed by atoms with Gasteiger partial charge in [0.05, 0.1) is 8.22 Å². The Morgan fingerprint density at radius 1 is 1.23 bits per heavy atom. The van der Waals surface area contributed by atoms with Gasteiger partial charge in [0.25, 0.3) is 5.91 Å². The lowest BCUT2D eigenvalue weighted by atomic mass is 9.75. The van der Waals surface area contributed by atoms with E-state index in [-0.39, 0.29) is 0 Å². The van der Waals surface area contributed by atoms with Gasteiger partial charge in [0.1, 0.15) is 0 Å². The Balaban J connectivity index is 2.06. The van der Waals surface area contributed by atoms with Crippen molar-refractivity contribution in [2.45, 2.75) is 43.8 Å². The summed E-state index contributed by atoms with van der Waals surface area (Å²) in [4.78, 5) is 12.8. The topological polar surface area (TPSA) is 23.6 Å². The number of carbonyl (C=O) groups is 1. The SMILES string of the molecule is [2H]c1c([2H])c2c3c(c1[2H])C([2H])([2H])C([2H])([2H])C([2H])([2H])[C@]3([2H])C([2H])([2H])N([C@]1([2H])C([2H])([2H])N3C([2H])([2H])C([2H])([2H])C1([2H])C([2H])([2H])C3([2H])[2H])C2=O. The number of nitrogens with zero attached hydrogens (tertiary/aromatic N) is 2. The zero-order valence-electron chi connectivity index (χ0n) is 34.8. The highest BCUT2D eigenvalue weighted by atomic mass is 16.2. The summed E-state index contributed by atoms with van der Waals surface area (Å²) in [7, 11) is 0. The standard InChI is InChI=1S/C19H24N2O/c22-19-16-6-2-4-14-3-1-5-15(18(14)16)11-21(19)17-12-20-9-7-13(17)8-10-20/h2,4,6,13,15,17H,1,3,5,7-12H2/t15-,17-/m1/s1/i1D2,2D,3D2,4D,5D2,6D,7D2,8D2,9D2,10D2,11D2,12D2,13D,15D,17D. The smallest absolute Gasteiger partial charge is 0.254 e. The molecular formula is C19H24N2O. The van der Waals surface area contributed by atoms with Gasteiger partial charge in [-0.2, -0.15) is 0 Å². The van der Waals surface area contributed by atoms with Crippen LogP contribution in [0.15, 0.2) is 18.1 Å². The summed E-state index contributed by atoms with van der Waals surface area (Å²) in [5.74, 6) is -11.0. The van der Waals surface area contributed by atoms with Gasteiger partial charge in [-0.1, -0.05) is 12.1 Å². The number of hydrogen-bond donors (Lipinski definition) is 0. The summed E-state index contributed by atoms with van der Waals surface area (Å²) in [6.45, 7) is -16.9. The van der Waals surface area contributed by atoms with Crippen molar-refractivity contribution in [3.05, 3.63) is 34.8 Å². The number of fused-ring (bicyclic) bond motifs is 3. The van der Waals surface area contributed by atoms with E-state index in [2.05, 4.69) is 0 Å². The molecule has 0 radical (unpaired) electrons. The zero-order valence-corrected chi connectivity index (χ0v) is 10.8. The Labute approximate surface area is 166 Å². The van der Waals surface area contributed by atoms with Crippen LogP contribution in [0.3, 0.4) is 0 Å². The Morgan fingerprint density at radius 3 is 2.95 bits per heavy atom. The van der Waals surface area contributed by atoms with Gasteiger partial charge in [-0.05, 0) is 67.9 Å². The minimum atomic E-state index is -4.58. The molecule has 2 bridgehead atoms. The normalized spacial score (nSPS) is 83.0. The molecule has 116 valence electrons. The maximum Gasteiger partial charge on any atom is 0.254 e. The summed E-state index contributed by atoms with van der Waals surface area (Å²) in [5.41, 5.74) is -4.39. The average Bonchev–Trinajstić information content (AvgIpc) is 2.85. The van der Waals surface area contributed by atoms with E-state index in [9.17, 15) is 7.54 Å². The number of piperidine rings is 3. The Bertz CT molecular complexity index is 1590. The Hall–Kier alpha value is -1.35. The first-order valence-corrected chi connectivity index (χ1v) is 6.30. The van der Waals surface area contributed by atoms with Crippen LogP contribution in [0, 0.1) is 5.89 Å². The Kier molecular flexibility index (Phi) is 0.738. The molecule has 3 heteroatoms. The summed E-state index contributed by atoms with van der Waals surface area (Å²) in [5, 5.41) is 0. The van der Waals surface area contributed by atoms with Crippen LogP contribution >= 0.6 is 0 Å². The van der Waals surface area contributed by atoms with Crippen molar-refractivity contribution < 1.29 is 37.7 Å². The largest absolute Gasteiger partial charge is 0.333 e. The van der Waals surface area contributed by atoms with Gasteiger partial charge in [-0.3, -0.25) is 4.79 Å². The molecule has 2 atom stereocenters. The van der Waals surface area contributed by atoms with Crippen molar-refractivity contribution in [3.63, 3.8) is 0 Å². The lowest BCUT2D eigenvalue weighted by molar-refractivity contribution is 0.00258. The van der Waals surface area contributed by atoms with Gasteiger partial charge in [0, 0.05) is 55.1 Å². The van der Waals surface area contributed by atoms with Gasteiger partial charge >= 0.3 is 0 Å². The fourth-order valence-corrected chi connectivity index (χ4v) is 2.43. The minimum absolute atomic E-state index is 0.769. The summed E-state index contributed by atoms with van der Waals surface area (Å²) in [6.07, 6.45) is -20.5. The maximum atomic E-state index is 14.4. The van der Waals surface area contributed by atoms with E-state index in [0.717, 1.165) is 0 Å². The Morgan fingerprint density at radius 2 is 2.09 bits per heavy atom. The lowest BCUT2D eigenvalue weighted by Crippen LogP contribution is -2.60. The predicted molar refractivity (Wildman–Crippen MR) is 86.1 cm³/mol. The molecule has 0 spiro atoms. The minimum Gasteiger partial charge on any atom is -0.333 e. The van der Waals surface area contributed by atoms with Crippen LogP contribution in [-0.4, -0.2) is 47.7 Å². The third kappa shape index (κ3) is 1.81. The third-order valence-corrected chi connectivity index (χ3v) is 3.40. The van der Waals surface area contributed by atoms with Gasteiger partial charge in [0.2, 0.25) is 0 Å². The van der Waals surface area contributed by atoms with Crippen molar-refractivity contribution in [3.8, 4) is 0 Å². The number of benzene rings is 1. The lowest BCUT2D eigenvalue weighted by Gasteiger charge is -2.51. The van der Waals surface area contributed by atoms with Crippen LogP contribution in [0.5, 0.6) is 0 Å². The molecule has 22 heavy (non-hydrogen) atoms. The van der Waals surface area contributed by atoms with Crippen LogP contribution < -0.4 is 0 Å². The molecule has 0 N–H and O–H groups in total. The summed E-state index contributed by atoms with van der Waals surface area (Å²) >= 11 is 0. The van der Waals surface area contributed by atoms with E-state index >= 15 is 0 Å². The van der Waals surface area contributed by atoms with Crippen molar-refractivity contribution in [1.29, 1.82) is 0 Å². The first kappa shape index (κ1) is 3.37. The van der Waals surface area contributed by atoms with Crippen molar-refractivity contribution in [2.75, 3.05) is 26.0 Å². The van der Waals surface area contributed by atoms with E-state index in [0.29, 0.717) is 0 Å². The highest BCUT2D eigenvalue weighted by Crippen LogP contribution is 2.41. The van der Waals surface area contributed by atoms with Crippen molar-refractivity contribution in [1.82, 2.24) is 9.80 Å². The number of carbonyl (C=O) groups excluding carboxylic acids is 1. The highest BCUT2D eigenvalue weighted by Gasteiger charge is 2.43.